The number of benzene rings is 4. The van der Waals surface area contributed by atoms with E-state index in [0.29, 0.717) is 95.9 Å². The summed E-state index contributed by atoms with van der Waals surface area (Å²) < 4.78 is 47.3. The zero-order valence-electron chi connectivity index (χ0n) is 46.2. The van der Waals surface area contributed by atoms with Gasteiger partial charge in [0.2, 0.25) is 5.91 Å². The average Bonchev–Trinajstić information content (AvgIpc) is 3.96. The SMILES string of the molecule is CN(C/C=C/C(=O)N1CCN(c2nc(OC[C@@H]3CCCN3C)nc3c2CCN(c2cccc4cccc(Cl)c24)C3)C[C@@H]1CC#N)CCOCCOCCON(C)C(=O)N1N=C(c2cc(F)ccc2F)S[C@@]1(CCCN)c1ccccc1. The smallest absolute Gasteiger partial charge is 0.365 e. The Balaban J connectivity index is 0.725. The van der Waals surface area contributed by atoms with Crippen molar-refractivity contribution < 1.29 is 37.4 Å². The Bertz CT molecular complexity index is 3080. The van der Waals surface area contributed by atoms with E-state index in [1.54, 1.807) is 11.0 Å². The summed E-state index contributed by atoms with van der Waals surface area (Å²) in [5.41, 5.74) is 9.64. The Hall–Kier alpha value is -6.48. The number of carbonyl (C=O) groups excluding carboxylic acids is 2. The lowest BCUT2D eigenvalue weighted by Gasteiger charge is -2.42. The molecular formula is C59H71ClF2N12O6S. The molecule has 9 rings (SSSR count). The van der Waals surface area contributed by atoms with Crippen molar-refractivity contribution in [1.82, 2.24) is 34.7 Å². The molecule has 0 unspecified atom stereocenters. The number of hydroxylamine groups is 2. The van der Waals surface area contributed by atoms with Crippen molar-refractivity contribution in [2.45, 2.75) is 62.0 Å². The van der Waals surface area contributed by atoms with Crippen molar-refractivity contribution in [1.29, 1.82) is 5.26 Å². The first-order chi connectivity index (χ1) is 39.4. The summed E-state index contributed by atoms with van der Waals surface area (Å²) >= 11 is 7.97. The highest BCUT2D eigenvalue weighted by atomic mass is 35.5. The molecule has 0 radical (unpaired) electrons. The third kappa shape index (κ3) is 14.2. The number of ether oxygens (including phenoxy) is 3. The number of amides is 3. The van der Waals surface area contributed by atoms with Crippen LogP contribution >= 0.6 is 23.4 Å². The molecule has 5 heterocycles. The van der Waals surface area contributed by atoms with E-state index in [2.05, 4.69) is 57.2 Å². The molecular weight excluding hydrogens is 1080 g/mol. The minimum absolute atomic E-state index is 0.0438. The van der Waals surface area contributed by atoms with Gasteiger partial charge in [-0.2, -0.15) is 25.3 Å². The van der Waals surface area contributed by atoms with Crippen molar-refractivity contribution in [3.63, 3.8) is 0 Å². The topological polar surface area (TPSA) is 182 Å². The first-order valence-electron chi connectivity index (χ1n) is 27.6. The summed E-state index contributed by atoms with van der Waals surface area (Å²) in [6.45, 7) is 6.92. The maximum atomic E-state index is 15.0. The normalized spacial score (nSPS) is 19.4. The summed E-state index contributed by atoms with van der Waals surface area (Å²) in [4.78, 5) is 53.3. The number of nitriles is 1. The lowest BCUT2D eigenvalue weighted by atomic mass is 10.0. The molecule has 0 bridgehead atoms. The van der Waals surface area contributed by atoms with Gasteiger partial charge in [-0.05, 0) is 101 Å². The first kappa shape index (κ1) is 59.2. The van der Waals surface area contributed by atoms with Gasteiger partial charge in [-0.1, -0.05) is 84.0 Å². The molecule has 18 nitrogen and oxygen atoms in total. The second-order valence-electron chi connectivity index (χ2n) is 20.6. The maximum Gasteiger partial charge on any atom is 0.365 e. The molecule has 22 heteroatoms. The number of hydrogen-bond acceptors (Lipinski definition) is 16. The highest BCUT2D eigenvalue weighted by Crippen LogP contribution is 2.51. The quantitative estimate of drug-likeness (QED) is 0.0356. The second kappa shape index (κ2) is 28.0. The van der Waals surface area contributed by atoms with Gasteiger partial charge in [-0.25, -0.2) is 18.6 Å². The van der Waals surface area contributed by atoms with Crippen LogP contribution in [0.15, 0.2) is 102 Å². The van der Waals surface area contributed by atoms with Gasteiger partial charge in [0.05, 0.1) is 68.8 Å². The van der Waals surface area contributed by atoms with E-state index >= 15 is 4.39 Å². The molecule has 5 aromatic rings. The number of urea groups is 1. The van der Waals surface area contributed by atoms with Gasteiger partial charge in [0.15, 0.2) is 0 Å². The molecule has 0 saturated carbocycles. The number of halogens is 3. The number of fused-ring (bicyclic) bond motifs is 2. The largest absolute Gasteiger partial charge is 0.462 e. The van der Waals surface area contributed by atoms with Crippen molar-refractivity contribution in [3.05, 3.63) is 136 Å². The Morgan fingerprint density at radius 1 is 0.938 bits per heavy atom. The number of anilines is 2. The fourth-order valence-electron chi connectivity index (χ4n) is 10.8. The second-order valence-corrected chi connectivity index (χ2v) is 22.3. The number of thioether (sulfide) groups is 1. The fraction of sp³-hybridized carbons (Fsp3) is 0.458. The Morgan fingerprint density at radius 2 is 1.73 bits per heavy atom. The van der Waals surface area contributed by atoms with Crippen LogP contribution in [0.5, 0.6) is 6.01 Å². The average molecular weight is 1150 g/mol. The molecule has 4 aromatic carbocycles. The van der Waals surface area contributed by atoms with Gasteiger partial charge < -0.3 is 44.4 Å². The van der Waals surface area contributed by atoms with E-state index in [9.17, 15) is 19.2 Å². The van der Waals surface area contributed by atoms with Crippen LogP contribution in [0, 0.1) is 23.0 Å². The molecule has 1 aromatic heterocycles. The van der Waals surface area contributed by atoms with Crippen LogP contribution in [0.3, 0.4) is 0 Å². The van der Waals surface area contributed by atoms with Crippen molar-refractivity contribution in [2.24, 2.45) is 10.8 Å². The van der Waals surface area contributed by atoms with Gasteiger partial charge >= 0.3 is 12.0 Å². The van der Waals surface area contributed by atoms with Gasteiger partial charge in [-0.15, -0.1) is 0 Å². The molecule has 0 spiro atoms. The number of piperazine rings is 1. The summed E-state index contributed by atoms with van der Waals surface area (Å²) in [6, 6.07) is 26.6. The Morgan fingerprint density at radius 3 is 2.51 bits per heavy atom. The summed E-state index contributed by atoms with van der Waals surface area (Å²) in [5, 5.41) is 19.8. The van der Waals surface area contributed by atoms with Crippen LogP contribution in [-0.4, -0.2) is 177 Å². The molecule has 0 aliphatic carbocycles. The van der Waals surface area contributed by atoms with E-state index < -0.39 is 22.5 Å². The molecule has 4 aliphatic rings. The third-order valence-corrected chi connectivity index (χ3v) is 17.0. The monoisotopic (exact) mass is 1150 g/mol. The number of carbonyl (C=O) groups is 2. The predicted molar refractivity (Wildman–Crippen MR) is 311 cm³/mol. The summed E-state index contributed by atoms with van der Waals surface area (Å²) in [7, 11) is 5.53. The van der Waals surface area contributed by atoms with E-state index in [0.717, 1.165) is 88.3 Å². The molecule has 2 fully saturated rings. The van der Waals surface area contributed by atoms with Gasteiger partial charge in [0.25, 0.3) is 0 Å². The fourth-order valence-corrected chi connectivity index (χ4v) is 12.5. The van der Waals surface area contributed by atoms with Gasteiger partial charge in [-0.3, -0.25) is 9.63 Å². The highest BCUT2D eigenvalue weighted by molar-refractivity contribution is 8.15. The van der Waals surface area contributed by atoms with Crippen LogP contribution in [0.2, 0.25) is 5.02 Å². The van der Waals surface area contributed by atoms with Crippen LogP contribution in [-0.2, 0) is 36.9 Å². The van der Waals surface area contributed by atoms with Crippen LogP contribution < -0.4 is 20.3 Å². The van der Waals surface area contributed by atoms with E-state index in [-0.39, 0.29) is 54.8 Å². The molecule has 2 saturated heterocycles. The number of hydrazone groups is 1. The predicted octanol–water partition coefficient (Wildman–Crippen LogP) is 8.04. The number of nitrogens with two attached hydrogens (primary N) is 1. The first-order valence-corrected chi connectivity index (χ1v) is 28.8. The van der Waals surface area contributed by atoms with E-state index in [4.69, 9.17) is 46.4 Å². The highest BCUT2D eigenvalue weighted by Gasteiger charge is 2.50. The zero-order chi connectivity index (χ0) is 56.9. The van der Waals surface area contributed by atoms with Crippen LogP contribution in [0.4, 0.5) is 25.1 Å². The van der Waals surface area contributed by atoms with E-state index in [1.165, 1.54) is 23.8 Å². The van der Waals surface area contributed by atoms with Crippen molar-refractivity contribution >= 4 is 62.6 Å². The molecule has 2 N–H and O–H groups in total. The molecule has 3 amide bonds. The Kier molecular flexibility index (Phi) is 20.4. The summed E-state index contributed by atoms with van der Waals surface area (Å²) in [5.74, 6) is -0.632. The third-order valence-electron chi connectivity index (χ3n) is 15.2. The minimum atomic E-state index is -1.10. The number of likely N-dealkylation sites (N-methyl/N-ethyl adjacent to an activating group) is 2. The number of rotatable bonds is 24. The van der Waals surface area contributed by atoms with Crippen molar-refractivity contribution in [2.75, 3.05) is 123 Å². The van der Waals surface area contributed by atoms with Crippen LogP contribution in [0.1, 0.15) is 54.5 Å². The summed E-state index contributed by atoms with van der Waals surface area (Å²) in [6.07, 6.45) is 7.39. The molecule has 430 valence electrons. The lowest BCUT2D eigenvalue weighted by molar-refractivity contribution is -0.128. The number of aromatic nitrogens is 2. The number of hydrogen-bond donors (Lipinski definition) is 1. The lowest BCUT2D eigenvalue weighted by Crippen LogP contribution is -2.55. The number of nitrogens with zero attached hydrogens (tertiary/aromatic N) is 11. The molecule has 4 aliphatic heterocycles. The molecule has 3 atom stereocenters. The van der Waals surface area contributed by atoms with Gasteiger partial charge in [0, 0.05) is 80.6 Å². The maximum absolute atomic E-state index is 15.0. The minimum Gasteiger partial charge on any atom is -0.462 e. The van der Waals surface area contributed by atoms with Crippen molar-refractivity contribution in [3.8, 4) is 12.1 Å². The zero-order valence-corrected chi connectivity index (χ0v) is 47.8. The number of likely N-dealkylation sites (tertiary alicyclic amines) is 1. The standard InChI is InChI=1S/C59H71ClF2N12O6S/c1-68(32-33-77-34-35-78-36-37-80-70(3)58(76)74-59(24-11-25-63,43-14-5-4-6-15-43)81-56(67-74)48-38-44(61)20-21-50(48)62)27-10-19-53(75)73-31-30-72(39-45(73)22-26-64)55-47-23-29-71(52-18-8-13-42-12-7-17-49(60)54(42)52)40-51(47)65-57(66-55)79-41-46-16-9-28-69(46)2/h4-8,10,12-15,17-21,38,45-46H,9,11,16,22-25,27-37,39-41,63H2,1-3H3/b19-10+/t45-,46-,59-/m0/s1. The van der Waals surface area contributed by atoms with Gasteiger partial charge in [0.1, 0.15) is 34.0 Å². The van der Waals surface area contributed by atoms with E-state index in [1.807, 2.05) is 60.5 Å². The van der Waals surface area contributed by atoms with Crippen LogP contribution in [0.25, 0.3) is 10.8 Å². The molecule has 81 heavy (non-hydrogen) atoms. The Labute approximate surface area is 481 Å².